The van der Waals surface area contributed by atoms with Gasteiger partial charge in [0, 0.05) is 42.5 Å². The number of hydrogen-bond donors (Lipinski definition) is 1. The lowest BCUT2D eigenvalue weighted by atomic mass is 9.88. The smallest absolute Gasteiger partial charge is 0.220 e. The van der Waals surface area contributed by atoms with Crippen LogP contribution in [0.4, 0.5) is 0 Å². The average Bonchev–Trinajstić information content (AvgIpc) is 3.25. The van der Waals surface area contributed by atoms with E-state index < -0.39 is 0 Å². The van der Waals surface area contributed by atoms with Crippen molar-refractivity contribution in [2.45, 2.75) is 39.7 Å². The molecule has 0 spiro atoms. The first-order chi connectivity index (χ1) is 17.5. The summed E-state index contributed by atoms with van der Waals surface area (Å²) in [6, 6.07) is 24.8. The third kappa shape index (κ3) is 6.09. The minimum atomic E-state index is -0.0742. The van der Waals surface area contributed by atoms with Crippen LogP contribution in [0.3, 0.4) is 0 Å². The van der Waals surface area contributed by atoms with Gasteiger partial charge in [-0.2, -0.15) is 0 Å². The predicted molar refractivity (Wildman–Crippen MR) is 146 cm³/mol. The Bertz CT molecular complexity index is 1270. The maximum absolute atomic E-state index is 13.0. The van der Waals surface area contributed by atoms with Gasteiger partial charge < -0.3 is 19.4 Å². The zero-order chi connectivity index (χ0) is 25.5. The van der Waals surface area contributed by atoms with Gasteiger partial charge >= 0.3 is 0 Å². The molecule has 0 saturated carbocycles. The topological polar surface area (TPSA) is 52.5 Å². The van der Waals surface area contributed by atoms with E-state index in [0.717, 1.165) is 34.7 Å². The Hall–Kier alpha value is -3.73. The van der Waals surface area contributed by atoms with Gasteiger partial charge in [0.05, 0.1) is 13.7 Å². The Kier molecular flexibility index (Phi) is 8.32. The van der Waals surface area contributed by atoms with E-state index in [9.17, 15) is 4.79 Å². The number of hydrogen-bond acceptors (Lipinski definition) is 3. The van der Waals surface area contributed by atoms with Gasteiger partial charge in [-0.1, -0.05) is 56.3 Å². The fourth-order valence-electron chi connectivity index (χ4n) is 4.56. The normalized spacial score (nSPS) is 12.0. The van der Waals surface area contributed by atoms with Crippen LogP contribution in [0.2, 0.25) is 0 Å². The lowest BCUT2D eigenvalue weighted by Crippen LogP contribution is -2.28. The Morgan fingerprint density at radius 1 is 0.944 bits per heavy atom. The zero-order valence-corrected chi connectivity index (χ0v) is 21.7. The van der Waals surface area contributed by atoms with E-state index >= 15 is 0 Å². The van der Waals surface area contributed by atoms with Crippen LogP contribution in [-0.2, 0) is 11.3 Å². The number of ether oxygens (including phenoxy) is 2. The molecule has 36 heavy (non-hydrogen) atoms. The Balaban J connectivity index is 1.72. The van der Waals surface area contributed by atoms with Crippen molar-refractivity contribution in [2.24, 2.45) is 5.92 Å². The van der Waals surface area contributed by atoms with Crippen molar-refractivity contribution in [3.8, 4) is 11.5 Å². The monoisotopic (exact) mass is 484 g/mol. The molecule has 0 fully saturated rings. The summed E-state index contributed by atoms with van der Waals surface area (Å²) in [7, 11) is 1.68. The molecule has 5 heteroatoms. The number of carbonyl (C=O) groups is 1. The summed E-state index contributed by atoms with van der Waals surface area (Å²) >= 11 is 0. The van der Waals surface area contributed by atoms with Gasteiger partial charge in [-0.05, 0) is 59.9 Å². The molecule has 0 aliphatic rings. The molecule has 1 aromatic heterocycles. The molecular formula is C31H36N2O3. The SMILES string of the molecule is CCOc1ccc([C@H](CC(=O)NCC(C)C)c2cn(Cc3ccc(OC)cc3)c3ccccc23)cc1. The first-order valence-corrected chi connectivity index (χ1v) is 12.7. The molecule has 4 rings (SSSR count). The van der Waals surface area contributed by atoms with Crippen molar-refractivity contribution in [1.82, 2.24) is 9.88 Å². The van der Waals surface area contributed by atoms with E-state index in [2.05, 4.69) is 78.5 Å². The van der Waals surface area contributed by atoms with Gasteiger partial charge in [-0.3, -0.25) is 4.79 Å². The lowest BCUT2D eigenvalue weighted by Gasteiger charge is -2.18. The first-order valence-electron chi connectivity index (χ1n) is 12.7. The third-order valence-electron chi connectivity index (χ3n) is 6.40. The van der Waals surface area contributed by atoms with Crippen LogP contribution in [0, 0.1) is 5.92 Å². The van der Waals surface area contributed by atoms with Gasteiger partial charge in [0.2, 0.25) is 5.91 Å². The van der Waals surface area contributed by atoms with Crippen LogP contribution in [-0.4, -0.2) is 30.7 Å². The highest BCUT2D eigenvalue weighted by Crippen LogP contribution is 2.36. The minimum Gasteiger partial charge on any atom is -0.497 e. The van der Waals surface area contributed by atoms with Gasteiger partial charge in [0.1, 0.15) is 11.5 Å². The largest absolute Gasteiger partial charge is 0.497 e. The highest BCUT2D eigenvalue weighted by molar-refractivity contribution is 5.86. The van der Waals surface area contributed by atoms with Crippen molar-refractivity contribution in [3.63, 3.8) is 0 Å². The van der Waals surface area contributed by atoms with E-state index in [4.69, 9.17) is 9.47 Å². The molecule has 0 aliphatic carbocycles. The second kappa shape index (κ2) is 11.8. The van der Waals surface area contributed by atoms with Gasteiger partial charge in [-0.15, -0.1) is 0 Å². The molecule has 0 unspecified atom stereocenters. The van der Waals surface area contributed by atoms with Crippen LogP contribution in [0.25, 0.3) is 10.9 Å². The summed E-state index contributed by atoms with van der Waals surface area (Å²) in [5, 5.41) is 4.28. The number of carbonyl (C=O) groups excluding carboxylic acids is 1. The van der Waals surface area contributed by atoms with E-state index in [0.29, 0.717) is 25.5 Å². The second-order valence-electron chi connectivity index (χ2n) is 9.53. The number of methoxy groups -OCH3 is 1. The van der Waals surface area contributed by atoms with Crippen LogP contribution in [0.15, 0.2) is 79.0 Å². The fourth-order valence-corrected chi connectivity index (χ4v) is 4.56. The molecule has 3 aromatic carbocycles. The number of nitrogens with one attached hydrogen (secondary N) is 1. The Morgan fingerprint density at radius 3 is 2.31 bits per heavy atom. The summed E-state index contributed by atoms with van der Waals surface area (Å²) in [6.45, 7) is 8.23. The predicted octanol–water partition coefficient (Wildman–Crippen LogP) is 6.39. The molecule has 0 aliphatic heterocycles. The number of rotatable bonds is 11. The average molecular weight is 485 g/mol. The van der Waals surface area contributed by atoms with Gasteiger partial charge in [0.15, 0.2) is 0 Å². The van der Waals surface area contributed by atoms with Crippen molar-refractivity contribution < 1.29 is 14.3 Å². The molecule has 1 amide bonds. The standard InChI is InChI=1S/C31H36N2O3/c1-5-36-26-16-12-24(13-17-26)28(18-31(34)32-19-22(2)3)29-21-33(30-9-7-6-8-27(29)30)20-23-10-14-25(35-4)15-11-23/h6-17,21-22,28H,5,18-20H2,1-4H3,(H,32,34)/t28-/m0/s1. The highest BCUT2D eigenvalue weighted by Gasteiger charge is 2.23. The van der Waals surface area contributed by atoms with E-state index in [1.54, 1.807) is 7.11 Å². The van der Waals surface area contributed by atoms with Crippen LogP contribution >= 0.6 is 0 Å². The van der Waals surface area contributed by atoms with E-state index in [1.165, 1.54) is 10.9 Å². The van der Waals surface area contributed by atoms with Gasteiger partial charge in [-0.25, -0.2) is 0 Å². The number of fused-ring (bicyclic) bond motifs is 1. The summed E-state index contributed by atoms with van der Waals surface area (Å²) in [5.41, 5.74) is 4.60. The fraction of sp³-hybridized carbons (Fsp3) is 0.323. The molecule has 1 N–H and O–H groups in total. The summed E-state index contributed by atoms with van der Waals surface area (Å²) in [6.07, 6.45) is 2.60. The maximum Gasteiger partial charge on any atom is 0.220 e. The van der Waals surface area contributed by atoms with Crippen molar-refractivity contribution in [2.75, 3.05) is 20.3 Å². The number of nitrogens with zero attached hydrogens (tertiary/aromatic N) is 1. The molecule has 0 bridgehead atoms. The lowest BCUT2D eigenvalue weighted by molar-refractivity contribution is -0.121. The van der Waals surface area contributed by atoms with Crippen LogP contribution in [0.5, 0.6) is 11.5 Å². The molecule has 5 nitrogen and oxygen atoms in total. The summed E-state index contributed by atoms with van der Waals surface area (Å²) in [4.78, 5) is 13.0. The quantitative estimate of drug-likeness (QED) is 0.268. The van der Waals surface area contributed by atoms with Crippen LogP contribution in [0.1, 0.15) is 49.8 Å². The number of benzene rings is 3. The van der Waals surface area contributed by atoms with Crippen molar-refractivity contribution in [1.29, 1.82) is 0 Å². The zero-order valence-electron chi connectivity index (χ0n) is 21.7. The minimum absolute atomic E-state index is 0.0644. The molecular weight excluding hydrogens is 448 g/mol. The summed E-state index contributed by atoms with van der Waals surface area (Å²) in [5.74, 6) is 2.08. The molecule has 4 aromatic rings. The highest BCUT2D eigenvalue weighted by atomic mass is 16.5. The Labute approximate surface area is 214 Å². The molecule has 0 saturated heterocycles. The van der Waals surface area contributed by atoms with Gasteiger partial charge in [0.25, 0.3) is 0 Å². The number of aromatic nitrogens is 1. The number of amides is 1. The summed E-state index contributed by atoms with van der Waals surface area (Å²) < 4.78 is 13.3. The molecule has 188 valence electrons. The van der Waals surface area contributed by atoms with Crippen LogP contribution < -0.4 is 14.8 Å². The van der Waals surface area contributed by atoms with Crippen molar-refractivity contribution >= 4 is 16.8 Å². The molecule has 1 heterocycles. The molecule has 1 atom stereocenters. The maximum atomic E-state index is 13.0. The molecule has 0 radical (unpaired) electrons. The number of para-hydroxylation sites is 1. The third-order valence-corrected chi connectivity index (χ3v) is 6.40. The van der Waals surface area contributed by atoms with Crippen molar-refractivity contribution in [3.05, 3.63) is 95.7 Å². The second-order valence-corrected chi connectivity index (χ2v) is 9.53. The van der Waals surface area contributed by atoms with E-state index in [1.807, 2.05) is 31.2 Å². The van der Waals surface area contributed by atoms with E-state index in [-0.39, 0.29) is 11.8 Å². The first kappa shape index (κ1) is 25.4. The Morgan fingerprint density at radius 2 is 1.64 bits per heavy atom.